The van der Waals surface area contributed by atoms with Gasteiger partial charge >= 0.3 is 0 Å². The Morgan fingerprint density at radius 3 is 2.48 bits per heavy atom. The summed E-state index contributed by atoms with van der Waals surface area (Å²) in [5.41, 5.74) is 3.86. The van der Waals surface area contributed by atoms with Crippen molar-refractivity contribution in [3.05, 3.63) is 64.5 Å². The number of thioether (sulfide) groups is 1. The first kappa shape index (κ1) is 18.2. The number of aromatic nitrogens is 1. The lowest BCUT2D eigenvalue weighted by Gasteiger charge is -2.06. The standard InChI is InChI=1S/C21H18N2OS3/c1-12-13(2)26-21(23-19(24)14-8-10-15(25-3)11-9-14)18(12)20-22-16-6-4-5-7-17(16)27-20/h4-11H,1-3H3,(H,23,24). The Morgan fingerprint density at radius 1 is 1.04 bits per heavy atom. The van der Waals surface area contributed by atoms with Crippen molar-refractivity contribution >= 4 is 55.6 Å². The molecule has 0 aliphatic carbocycles. The van der Waals surface area contributed by atoms with Crippen LogP contribution >= 0.6 is 34.4 Å². The number of aryl methyl sites for hydroxylation is 1. The number of anilines is 1. The number of carbonyl (C=O) groups is 1. The highest BCUT2D eigenvalue weighted by Crippen LogP contribution is 2.43. The highest BCUT2D eigenvalue weighted by atomic mass is 32.2. The number of thiazole rings is 1. The summed E-state index contributed by atoms with van der Waals surface area (Å²) in [6, 6.07) is 15.8. The normalized spacial score (nSPS) is 11.1. The summed E-state index contributed by atoms with van der Waals surface area (Å²) in [4.78, 5) is 19.9. The largest absolute Gasteiger partial charge is 0.313 e. The zero-order valence-electron chi connectivity index (χ0n) is 15.2. The van der Waals surface area contributed by atoms with E-state index in [9.17, 15) is 4.79 Å². The third-order valence-electron chi connectivity index (χ3n) is 4.47. The SMILES string of the molecule is CSc1ccc(C(=O)Nc2sc(C)c(C)c2-c2nc3ccccc3s2)cc1. The van der Waals surface area contributed by atoms with Crippen molar-refractivity contribution in [1.82, 2.24) is 4.98 Å². The maximum Gasteiger partial charge on any atom is 0.256 e. The van der Waals surface area contributed by atoms with Crippen molar-refractivity contribution in [2.24, 2.45) is 0 Å². The number of rotatable bonds is 4. The summed E-state index contributed by atoms with van der Waals surface area (Å²) in [7, 11) is 0. The van der Waals surface area contributed by atoms with Gasteiger partial charge in [-0.15, -0.1) is 34.4 Å². The van der Waals surface area contributed by atoms with Crippen LogP contribution in [0.15, 0.2) is 53.4 Å². The van der Waals surface area contributed by atoms with E-state index >= 15 is 0 Å². The molecule has 1 amide bonds. The molecule has 0 saturated heterocycles. The maximum absolute atomic E-state index is 12.8. The van der Waals surface area contributed by atoms with Crippen LogP contribution in [0, 0.1) is 13.8 Å². The molecule has 0 saturated carbocycles. The lowest BCUT2D eigenvalue weighted by molar-refractivity contribution is 0.102. The third-order valence-corrected chi connectivity index (χ3v) is 7.39. The molecule has 2 aromatic carbocycles. The van der Waals surface area contributed by atoms with Gasteiger partial charge in [-0.05, 0) is 62.1 Å². The van der Waals surface area contributed by atoms with Crippen LogP contribution in [-0.4, -0.2) is 17.1 Å². The molecule has 6 heteroatoms. The molecule has 4 aromatic rings. The fourth-order valence-corrected chi connectivity index (χ4v) is 5.47. The zero-order valence-corrected chi connectivity index (χ0v) is 17.6. The first-order valence-corrected chi connectivity index (χ1v) is 11.3. The summed E-state index contributed by atoms with van der Waals surface area (Å²) in [5, 5.41) is 4.92. The second-order valence-corrected chi connectivity index (χ2v) is 9.29. The number of amides is 1. The minimum Gasteiger partial charge on any atom is -0.313 e. The third kappa shape index (κ3) is 3.52. The molecule has 0 spiro atoms. The van der Waals surface area contributed by atoms with E-state index in [0.717, 1.165) is 30.7 Å². The number of hydrogen-bond donors (Lipinski definition) is 1. The molecule has 0 aliphatic heterocycles. The Labute approximate surface area is 170 Å². The molecule has 3 nitrogen and oxygen atoms in total. The van der Waals surface area contributed by atoms with Crippen molar-refractivity contribution in [3.63, 3.8) is 0 Å². The van der Waals surface area contributed by atoms with Crippen LogP contribution in [0.4, 0.5) is 5.00 Å². The predicted octanol–water partition coefficient (Wildman–Crippen LogP) is 6.62. The van der Waals surface area contributed by atoms with Gasteiger partial charge < -0.3 is 5.32 Å². The van der Waals surface area contributed by atoms with Gasteiger partial charge in [0.15, 0.2) is 0 Å². The average molecular weight is 411 g/mol. The van der Waals surface area contributed by atoms with Gasteiger partial charge in [0, 0.05) is 20.9 Å². The van der Waals surface area contributed by atoms with Crippen molar-refractivity contribution in [2.75, 3.05) is 11.6 Å². The van der Waals surface area contributed by atoms with Gasteiger partial charge in [-0.25, -0.2) is 4.98 Å². The van der Waals surface area contributed by atoms with Gasteiger partial charge in [-0.3, -0.25) is 4.79 Å². The number of thiophene rings is 1. The van der Waals surface area contributed by atoms with Crippen molar-refractivity contribution < 1.29 is 4.79 Å². The highest BCUT2D eigenvalue weighted by Gasteiger charge is 2.20. The molecule has 2 aromatic heterocycles. The number of benzene rings is 2. The molecule has 27 heavy (non-hydrogen) atoms. The van der Waals surface area contributed by atoms with Gasteiger partial charge in [0.25, 0.3) is 5.91 Å². The molecule has 0 bridgehead atoms. The quantitative estimate of drug-likeness (QED) is 0.385. The average Bonchev–Trinajstić information content (AvgIpc) is 3.22. The van der Waals surface area contributed by atoms with Crippen LogP contribution in [0.5, 0.6) is 0 Å². The van der Waals surface area contributed by atoms with E-state index in [1.54, 1.807) is 34.4 Å². The Kier molecular flexibility index (Phi) is 5.04. The highest BCUT2D eigenvalue weighted by molar-refractivity contribution is 7.98. The van der Waals surface area contributed by atoms with Crippen molar-refractivity contribution in [2.45, 2.75) is 18.7 Å². The molecule has 136 valence electrons. The lowest BCUT2D eigenvalue weighted by Crippen LogP contribution is -2.11. The van der Waals surface area contributed by atoms with Gasteiger partial charge in [0.1, 0.15) is 10.0 Å². The predicted molar refractivity (Wildman–Crippen MR) is 119 cm³/mol. The van der Waals surface area contributed by atoms with E-state index in [1.807, 2.05) is 48.7 Å². The van der Waals surface area contributed by atoms with Gasteiger partial charge in [0.05, 0.1) is 10.2 Å². The molecule has 1 N–H and O–H groups in total. The Hall–Kier alpha value is -2.15. The van der Waals surface area contributed by atoms with Crippen LogP contribution in [-0.2, 0) is 0 Å². The smallest absolute Gasteiger partial charge is 0.256 e. The second kappa shape index (κ2) is 7.46. The fraction of sp³-hybridized carbons (Fsp3) is 0.143. The molecule has 0 unspecified atom stereocenters. The van der Waals surface area contributed by atoms with Crippen molar-refractivity contribution in [3.8, 4) is 10.6 Å². The monoisotopic (exact) mass is 410 g/mol. The minimum absolute atomic E-state index is 0.0914. The van der Waals surface area contributed by atoms with Crippen LogP contribution in [0.1, 0.15) is 20.8 Å². The molecular weight excluding hydrogens is 392 g/mol. The van der Waals surface area contributed by atoms with E-state index in [-0.39, 0.29) is 5.91 Å². The molecule has 4 rings (SSSR count). The Balaban J connectivity index is 1.71. The van der Waals surface area contributed by atoms with Crippen LogP contribution < -0.4 is 5.32 Å². The van der Waals surface area contributed by atoms with Crippen LogP contribution in [0.3, 0.4) is 0 Å². The van der Waals surface area contributed by atoms with E-state index in [4.69, 9.17) is 4.98 Å². The molecule has 0 radical (unpaired) electrons. The maximum atomic E-state index is 12.8. The summed E-state index contributed by atoms with van der Waals surface area (Å²) in [6.07, 6.45) is 2.02. The van der Waals surface area contributed by atoms with E-state index in [2.05, 4.69) is 25.2 Å². The molecule has 0 aliphatic rings. The Morgan fingerprint density at radius 2 is 1.78 bits per heavy atom. The molecular formula is C21H18N2OS3. The number of nitrogens with one attached hydrogen (secondary N) is 1. The van der Waals surface area contributed by atoms with E-state index in [1.165, 1.54) is 10.4 Å². The summed E-state index contributed by atoms with van der Waals surface area (Å²) < 4.78 is 1.15. The minimum atomic E-state index is -0.0914. The van der Waals surface area contributed by atoms with E-state index < -0.39 is 0 Å². The number of fused-ring (bicyclic) bond motifs is 1. The van der Waals surface area contributed by atoms with Crippen LogP contribution in [0.25, 0.3) is 20.8 Å². The number of hydrogen-bond acceptors (Lipinski definition) is 5. The summed E-state index contributed by atoms with van der Waals surface area (Å²) in [6.45, 7) is 4.18. The van der Waals surface area contributed by atoms with Crippen LogP contribution in [0.2, 0.25) is 0 Å². The van der Waals surface area contributed by atoms with Gasteiger partial charge in [-0.1, -0.05) is 12.1 Å². The summed E-state index contributed by atoms with van der Waals surface area (Å²) >= 11 is 4.93. The molecule has 2 heterocycles. The number of nitrogens with zero attached hydrogens (tertiary/aromatic N) is 1. The van der Waals surface area contributed by atoms with Gasteiger partial charge in [-0.2, -0.15) is 0 Å². The fourth-order valence-electron chi connectivity index (χ4n) is 2.87. The second-order valence-electron chi connectivity index (χ2n) is 6.16. The molecule has 0 fully saturated rings. The number of carbonyl (C=O) groups excluding carboxylic acids is 1. The molecule has 0 atom stereocenters. The first-order valence-electron chi connectivity index (χ1n) is 8.48. The lowest BCUT2D eigenvalue weighted by atomic mass is 10.1. The van der Waals surface area contributed by atoms with Crippen molar-refractivity contribution in [1.29, 1.82) is 0 Å². The summed E-state index contributed by atoms with van der Waals surface area (Å²) in [5.74, 6) is -0.0914. The topological polar surface area (TPSA) is 42.0 Å². The number of para-hydroxylation sites is 1. The van der Waals surface area contributed by atoms with E-state index in [0.29, 0.717) is 5.56 Å². The van der Waals surface area contributed by atoms with Gasteiger partial charge in [0.2, 0.25) is 0 Å². The first-order chi connectivity index (χ1) is 13.1. The Bertz CT molecular complexity index is 1090. The zero-order chi connectivity index (χ0) is 19.0.